The summed E-state index contributed by atoms with van der Waals surface area (Å²) < 4.78 is 120. The Morgan fingerprint density at radius 1 is 0.442 bits per heavy atom. The number of hydrogen-bond acceptors (Lipinski definition) is 18. The van der Waals surface area contributed by atoms with Crippen LogP contribution in [0.2, 0.25) is 0 Å². The predicted octanol–water partition coefficient (Wildman–Crippen LogP) is 24.3. The maximum absolute atomic E-state index is 13.2. The van der Waals surface area contributed by atoms with Gasteiger partial charge in [-0.1, -0.05) is 223 Å². The van der Waals surface area contributed by atoms with Crippen LogP contribution in [0.25, 0.3) is 12.2 Å². The summed E-state index contributed by atoms with van der Waals surface area (Å²) in [5.74, 6) is -2.05. The van der Waals surface area contributed by atoms with E-state index in [9.17, 15) is 36.3 Å². The van der Waals surface area contributed by atoms with Gasteiger partial charge in [0, 0.05) is 30.7 Å². The smallest absolute Gasteiger partial charge is 1.00 e. The maximum Gasteiger partial charge on any atom is 1.00 e. The Labute approximate surface area is 798 Å². The van der Waals surface area contributed by atoms with Crippen molar-refractivity contribution in [3.63, 3.8) is 0 Å². The SMILES string of the molecule is C.C.C.C.C.CCOP(=O)(CC#N)OCC.CCOP(=O)(Cc1ccccc1C#N)OCC.CCOP(OCC)OCC.COCCOC.N#Cc1ccccc1/C=C/c1ccc(F)cc1.N#Cc1ccccc1CBr.N#Cc1ccccc1CCc1ccc(F)cc1.O=C(O)c1ccccc1CCc1ccc(F)cc1.O=C1c2ccccc2CCc2ccc(F)cc21.[H-].[Na+]. The summed E-state index contributed by atoms with van der Waals surface area (Å²) in [5.41, 5.74) is 13.6. The van der Waals surface area contributed by atoms with Gasteiger partial charge in [-0.05, 0) is 221 Å². The number of aromatic carboxylic acids is 1. The topological polar surface area (TPSA) is 291 Å². The van der Waals surface area contributed by atoms with E-state index in [4.69, 9.17) is 63.1 Å². The molecular formula is C101H126BrF4N5NaO14P3. The molecule has 0 spiro atoms. The van der Waals surface area contributed by atoms with Gasteiger partial charge in [0.25, 0.3) is 0 Å². The van der Waals surface area contributed by atoms with Crippen LogP contribution in [0, 0.1) is 79.9 Å². The van der Waals surface area contributed by atoms with Crippen LogP contribution in [0.5, 0.6) is 0 Å². The molecular weight excluding hydrogens is 1780 g/mol. The quantitative estimate of drug-likeness (QED) is 0.0109. The predicted molar refractivity (Wildman–Crippen MR) is 514 cm³/mol. The van der Waals surface area contributed by atoms with E-state index >= 15 is 0 Å². The molecule has 11 rings (SSSR count). The van der Waals surface area contributed by atoms with Crippen LogP contribution in [0.4, 0.5) is 17.6 Å². The van der Waals surface area contributed by atoms with E-state index in [1.165, 1.54) is 48.5 Å². The van der Waals surface area contributed by atoms with E-state index in [1.807, 2.05) is 136 Å². The van der Waals surface area contributed by atoms with Crippen LogP contribution < -0.4 is 29.6 Å². The molecule has 1 aliphatic carbocycles. The van der Waals surface area contributed by atoms with Crippen LogP contribution in [-0.4, -0.2) is 96.7 Å². The third-order valence-corrected chi connectivity index (χ3v) is 22.6. The molecule has 28 heteroatoms. The molecule has 0 heterocycles. The number of halogens is 5. The second-order valence-electron chi connectivity index (χ2n) is 25.4. The van der Waals surface area contributed by atoms with Crippen LogP contribution in [-0.2, 0) is 100 Å². The number of nitrogens with zero attached hydrogens (tertiary/aromatic N) is 5. The number of ether oxygens (including phenoxy) is 2. The van der Waals surface area contributed by atoms with E-state index in [1.54, 1.807) is 133 Å². The van der Waals surface area contributed by atoms with Crippen LogP contribution in [0.3, 0.4) is 0 Å². The number of carbonyl (C=O) groups is 2. The number of carbonyl (C=O) groups excluding carboxylic acids is 1. The number of aryl methyl sites for hydroxylation is 6. The molecule has 0 aromatic heterocycles. The number of methoxy groups -OCH3 is 2. The van der Waals surface area contributed by atoms with Gasteiger partial charge in [0.2, 0.25) is 0 Å². The summed E-state index contributed by atoms with van der Waals surface area (Å²) in [6.07, 6.45) is 8.25. The van der Waals surface area contributed by atoms with Gasteiger partial charge < -0.3 is 47.7 Å². The van der Waals surface area contributed by atoms with Crippen molar-refractivity contribution in [1.82, 2.24) is 0 Å². The van der Waals surface area contributed by atoms with Gasteiger partial charge in [0.05, 0.1) is 124 Å². The van der Waals surface area contributed by atoms with E-state index < -0.39 is 29.8 Å². The van der Waals surface area contributed by atoms with Gasteiger partial charge in [-0.15, -0.1) is 0 Å². The Morgan fingerprint density at radius 3 is 1.25 bits per heavy atom. The molecule has 1 aliphatic rings. The number of rotatable bonds is 30. The Balaban J connectivity index is -0.000000454. The molecule has 0 unspecified atom stereocenters. The summed E-state index contributed by atoms with van der Waals surface area (Å²) in [5, 5.41) is 53.5. The fourth-order valence-electron chi connectivity index (χ4n) is 11.0. The summed E-state index contributed by atoms with van der Waals surface area (Å²) in [6, 6.07) is 77.7. The summed E-state index contributed by atoms with van der Waals surface area (Å²) in [4.78, 5) is 23.3. The van der Waals surface area contributed by atoms with Gasteiger partial charge in [0.15, 0.2) is 5.78 Å². The fraction of sp³-hybridized carbons (Fsp3) is 0.317. The van der Waals surface area contributed by atoms with Crippen LogP contribution in [0.15, 0.2) is 237 Å². The molecule has 10 aromatic carbocycles. The first-order chi connectivity index (χ1) is 59.5. The van der Waals surface area contributed by atoms with Gasteiger partial charge in [-0.25, -0.2) is 22.4 Å². The molecule has 0 aliphatic heterocycles. The van der Waals surface area contributed by atoms with Crippen molar-refractivity contribution in [2.24, 2.45) is 0 Å². The Kier molecular flexibility index (Phi) is 73.0. The number of carboxylic acid groups (broad SMARTS) is 1. The minimum atomic E-state index is -3.13. The number of ketones is 1. The van der Waals surface area contributed by atoms with E-state index in [2.05, 4.69) is 49.7 Å². The van der Waals surface area contributed by atoms with Crippen molar-refractivity contribution < 1.29 is 114 Å². The maximum atomic E-state index is 13.2. The number of benzene rings is 10. The van der Waals surface area contributed by atoms with Gasteiger partial charge >= 0.3 is 59.3 Å². The molecule has 129 heavy (non-hydrogen) atoms. The molecule has 0 radical (unpaired) electrons. The van der Waals surface area contributed by atoms with Gasteiger partial charge in [0.1, 0.15) is 29.4 Å². The van der Waals surface area contributed by atoms with Gasteiger partial charge in [-0.2, -0.15) is 26.3 Å². The summed E-state index contributed by atoms with van der Waals surface area (Å²) in [6.45, 7) is 17.3. The standard InChI is InChI=1S/C15H12FN.C15H10FN.C15H13FO2.C15H11FO.C12H16NO3P.C8H6BrN.C6H12NO3P.C6H15O3P.C4H10O2.5CH4.Na.H/c2*16-15-9-6-12(7-10-15)5-8-13-3-1-2-4-14(13)11-17;16-13-9-6-11(7-10-13)5-8-12-3-1-2-4-14(12)15(17)18;16-12-8-7-11-6-5-10-3-1-2-4-13(10)15(17)14(11)9-12;1-3-15-17(14,16-4-2)10-12-8-6-5-7-11(12)9-13;9-5-7-3-1-2-4-8(7)6-10;1-3-9-11(8,6-5-7)10-4-2;1-4-7-10(8-5-2)9-6-3;1-5-3-4-6-2;;;;;;;/h1-4,6-7,9-10H,5,8H2;1-10H;1-4,6-7,9-10H,5,8H2,(H,17,18);1-4,7-9H,5-6H2;5-8H,3-4,10H2,1-2H3;1-4H,5H2;3-4,6H2,1-2H3;4-6H2,1-3H3;3-4H2,1-2H3;5*1H4;;/q;;;;;;;;;;;;;;+1;-1/b;8-5+;;;;;;;;;;;;;;. The first-order valence-electron chi connectivity index (χ1n) is 39.4. The van der Waals surface area contributed by atoms with Crippen molar-refractivity contribution in [3.8, 4) is 30.3 Å². The van der Waals surface area contributed by atoms with Crippen LogP contribution >= 0.6 is 39.7 Å². The molecule has 19 nitrogen and oxygen atoms in total. The zero-order valence-electron chi connectivity index (χ0n) is 72.6. The third-order valence-electron chi connectivity index (χ3n) is 16.8. The number of alkyl halides is 1. The number of fused-ring (bicyclic) bond motifs is 2. The molecule has 0 fully saturated rings. The average Bonchev–Trinajstić information content (AvgIpc) is 1.65. The zero-order valence-corrected chi connectivity index (χ0v) is 77.9. The molecule has 690 valence electrons. The summed E-state index contributed by atoms with van der Waals surface area (Å²) >= 11 is 3.30. The van der Waals surface area contributed by atoms with Crippen molar-refractivity contribution in [3.05, 3.63) is 354 Å². The van der Waals surface area contributed by atoms with E-state index in [0.717, 1.165) is 92.2 Å². The van der Waals surface area contributed by atoms with Gasteiger partial charge in [-0.3, -0.25) is 13.9 Å². The average molecular weight is 1910 g/mol. The number of carboxylic acids is 1. The molecule has 0 amide bonds. The number of nitriles is 5. The Hall–Kier alpha value is -9.74. The zero-order chi connectivity index (χ0) is 90.5. The minimum Gasteiger partial charge on any atom is -1.00 e. The largest absolute Gasteiger partial charge is 1.00 e. The van der Waals surface area contributed by atoms with Crippen molar-refractivity contribution in [1.29, 1.82) is 26.3 Å². The van der Waals surface area contributed by atoms with Crippen molar-refractivity contribution in [2.45, 2.75) is 136 Å². The molecule has 0 saturated carbocycles. The number of hydrogen-bond donors (Lipinski definition) is 1. The van der Waals surface area contributed by atoms with E-state index in [0.29, 0.717) is 106 Å². The molecule has 1 N–H and O–H groups in total. The second-order valence-corrected chi connectivity index (χ2v) is 31.2. The Bertz CT molecular complexity index is 5120. The van der Waals surface area contributed by atoms with Crippen molar-refractivity contribution in [2.75, 3.05) is 79.8 Å². The normalized spacial score (nSPS) is 10.3. The molecule has 0 saturated heterocycles. The molecule has 0 bridgehead atoms. The first-order valence-corrected chi connectivity index (χ1v) is 45.1. The Morgan fingerprint density at radius 2 is 0.814 bits per heavy atom. The molecule has 0 atom stereocenters. The van der Waals surface area contributed by atoms with Crippen LogP contribution in [0.1, 0.15) is 191 Å². The van der Waals surface area contributed by atoms with Crippen molar-refractivity contribution >= 4 is 63.6 Å². The molecule has 10 aromatic rings. The monoisotopic (exact) mass is 1900 g/mol. The van der Waals surface area contributed by atoms with E-state index in [-0.39, 0.29) is 109 Å². The second kappa shape index (κ2) is 75.0. The third kappa shape index (κ3) is 50.3. The first kappa shape index (κ1) is 126. The fourth-order valence-corrected chi connectivity index (χ4v) is 15.3. The minimum absolute atomic E-state index is 0. The summed E-state index contributed by atoms with van der Waals surface area (Å²) in [7, 11) is -3.97.